The Morgan fingerprint density at radius 1 is 1.24 bits per heavy atom. The Morgan fingerprint density at radius 3 is 2.64 bits per heavy atom. The zero-order valence-corrected chi connectivity index (χ0v) is 16.2. The van der Waals surface area contributed by atoms with Gasteiger partial charge in [0.1, 0.15) is 10.8 Å². The van der Waals surface area contributed by atoms with Crippen molar-refractivity contribution in [1.29, 1.82) is 0 Å². The van der Waals surface area contributed by atoms with Crippen LogP contribution in [0.3, 0.4) is 0 Å². The van der Waals surface area contributed by atoms with Crippen LogP contribution in [0.1, 0.15) is 29.8 Å². The smallest absolute Gasteiger partial charge is 0.118 e. The lowest BCUT2D eigenvalue weighted by atomic mass is 9.93. The summed E-state index contributed by atoms with van der Waals surface area (Å²) < 4.78 is 5.28. The fraction of sp³-hybridized carbons (Fsp3) is 0.526. The second kappa shape index (κ2) is 8.04. The van der Waals surface area contributed by atoms with Crippen molar-refractivity contribution >= 4 is 23.7 Å². The zero-order chi connectivity index (χ0) is 16.4. The van der Waals surface area contributed by atoms with Gasteiger partial charge in [-0.25, -0.2) is 4.98 Å². The number of aromatic nitrogens is 1. The Bertz CT molecular complexity index is 656. The lowest BCUT2D eigenvalue weighted by Crippen LogP contribution is -2.35. The van der Waals surface area contributed by atoms with Crippen LogP contribution >= 0.6 is 23.7 Å². The molecule has 6 heteroatoms. The van der Waals surface area contributed by atoms with Gasteiger partial charge in [0.15, 0.2) is 0 Å². The van der Waals surface area contributed by atoms with E-state index in [0.29, 0.717) is 11.5 Å². The number of piperidine rings is 1. The molecule has 1 aliphatic heterocycles. The van der Waals surface area contributed by atoms with E-state index in [9.17, 15) is 0 Å². The van der Waals surface area contributed by atoms with Crippen molar-refractivity contribution in [2.75, 3.05) is 20.2 Å². The fourth-order valence-electron chi connectivity index (χ4n) is 4.05. The van der Waals surface area contributed by atoms with Gasteiger partial charge in [-0.05, 0) is 55.5 Å². The Kier molecular flexibility index (Phi) is 6.00. The molecule has 25 heavy (non-hydrogen) atoms. The third kappa shape index (κ3) is 4.17. The Hall–Kier alpha value is -1.14. The van der Waals surface area contributed by atoms with E-state index in [0.717, 1.165) is 18.8 Å². The molecule has 1 aromatic heterocycles. The molecule has 1 aliphatic carbocycles. The number of methoxy groups -OCH3 is 1. The predicted molar refractivity (Wildman–Crippen MR) is 105 cm³/mol. The second-order valence-corrected chi connectivity index (χ2v) is 7.99. The van der Waals surface area contributed by atoms with Crippen molar-refractivity contribution in [3.8, 4) is 5.75 Å². The minimum Gasteiger partial charge on any atom is -0.497 e. The quantitative estimate of drug-likeness (QED) is 0.830. The van der Waals surface area contributed by atoms with Crippen LogP contribution in [0.2, 0.25) is 0 Å². The van der Waals surface area contributed by atoms with Crippen molar-refractivity contribution in [3.05, 3.63) is 46.4 Å². The summed E-state index contributed by atoms with van der Waals surface area (Å²) in [6, 6.07) is 9.19. The molecule has 1 atom stereocenters. The third-order valence-corrected chi connectivity index (χ3v) is 6.32. The summed E-state index contributed by atoms with van der Waals surface area (Å²) >= 11 is 1.76. The van der Waals surface area contributed by atoms with Gasteiger partial charge in [0.05, 0.1) is 13.7 Å². The van der Waals surface area contributed by atoms with E-state index < -0.39 is 0 Å². The highest BCUT2D eigenvalue weighted by Crippen LogP contribution is 2.56. The van der Waals surface area contributed by atoms with Crippen LogP contribution in [0.25, 0.3) is 0 Å². The standard InChI is InChI=1S/C19H25N3OS.ClH/c1-23-16-4-2-15(3-5-16)13-22(14-18-21-10-11-24-18)17-12-19(17)6-8-20-9-7-19;/h2-5,10-11,17,20H,6-9,12-14H2,1H3;1H. The van der Waals surface area contributed by atoms with Crippen LogP contribution in [-0.4, -0.2) is 36.1 Å². The summed E-state index contributed by atoms with van der Waals surface area (Å²) in [5, 5.41) is 6.80. The van der Waals surface area contributed by atoms with Gasteiger partial charge in [-0.1, -0.05) is 12.1 Å². The van der Waals surface area contributed by atoms with Gasteiger partial charge in [0.25, 0.3) is 0 Å². The van der Waals surface area contributed by atoms with Crippen molar-refractivity contribution in [2.45, 2.75) is 38.4 Å². The highest BCUT2D eigenvalue weighted by Gasteiger charge is 2.56. The van der Waals surface area contributed by atoms with Crippen molar-refractivity contribution < 1.29 is 4.74 Å². The van der Waals surface area contributed by atoms with Crippen LogP contribution in [0.15, 0.2) is 35.8 Å². The van der Waals surface area contributed by atoms with Crippen LogP contribution in [-0.2, 0) is 13.1 Å². The van der Waals surface area contributed by atoms with Crippen LogP contribution < -0.4 is 10.1 Å². The SMILES string of the molecule is COc1ccc(CN(Cc2nccs2)C2CC23CCNCC3)cc1.Cl. The molecule has 1 N–H and O–H groups in total. The molecule has 1 saturated heterocycles. The lowest BCUT2D eigenvalue weighted by Gasteiger charge is -2.29. The Labute approximate surface area is 160 Å². The maximum Gasteiger partial charge on any atom is 0.118 e. The van der Waals surface area contributed by atoms with Gasteiger partial charge in [0, 0.05) is 24.2 Å². The Balaban J connectivity index is 0.00000182. The van der Waals surface area contributed by atoms with Crippen LogP contribution in [0, 0.1) is 5.41 Å². The van der Waals surface area contributed by atoms with Gasteiger partial charge in [-0.2, -0.15) is 0 Å². The first-order chi connectivity index (χ1) is 11.8. The molecule has 1 unspecified atom stereocenters. The van der Waals surface area contributed by atoms with Crippen molar-refractivity contribution in [3.63, 3.8) is 0 Å². The predicted octanol–water partition coefficient (Wildman–Crippen LogP) is 3.72. The molecule has 2 aromatic rings. The highest BCUT2D eigenvalue weighted by molar-refractivity contribution is 7.09. The van der Waals surface area contributed by atoms with Gasteiger partial charge in [-0.15, -0.1) is 23.7 Å². The first-order valence-corrected chi connectivity index (χ1v) is 9.63. The number of hydrogen-bond acceptors (Lipinski definition) is 5. The molecule has 2 heterocycles. The van der Waals surface area contributed by atoms with E-state index in [2.05, 4.69) is 44.8 Å². The van der Waals surface area contributed by atoms with E-state index in [4.69, 9.17) is 4.74 Å². The molecule has 4 rings (SSSR count). The van der Waals surface area contributed by atoms with Gasteiger partial charge in [0.2, 0.25) is 0 Å². The number of nitrogens with zero attached hydrogens (tertiary/aromatic N) is 2. The molecular weight excluding hydrogens is 354 g/mol. The maximum atomic E-state index is 5.28. The number of hydrogen-bond donors (Lipinski definition) is 1. The number of ether oxygens (including phenoxy) is 1. The first-order valence-electron chi connectivity index (χ1n) is 8.75. The number of rotatable bonds is 6. The van der Waals surface area contributed by atoms with Gasteiger partial charge < -0.3 is 10.1 Å². The maximum absolute atomic E-state index is 5.28. The number of benzene rings is 1. The lowest BCUT2D eigenvalue weighted by molar-refractivity contribution is 0.188. The van der Waals surface area contributed by atoms with E-state index in [1.54, 1.807) is 18.4 Å². The van der Waals surface area contributed by atoms with E-state index in [1.165, 1.54) is 42.9 Å². The summed E-state index contributed by atoms with van der Waals surface area (Å²) in [6.07, 6.45) is 5.89. The zero-order valence-electron chi connectivity index (χ0n) is 14.6. The van der Waals surface area contributed by atoms with Crippen LogP contribution in [0.5, 0.6) is 5.75 Å². The average Bonchev–Trinajstić information content (AvgIpc) is 3.06. The van der Waals surface area contributed by atoms with Crippen LogP contribution in [0.4, 0.5) is 0 Å². The molecule has 0 bridgehead atoms. The monoisotopic (exact) mass is 379 g/mol. The van der Waals surface area contributed by atoms with Crippen molar-refractivity contribution in [2.24, 2.45) is 5.41 Å². The largest absolute Gasteiger partial charge is 0.497 e. The molecule has 4 nitrogen and oxygen atoms in total. The molecule has 0 radical (unpaired) electrons. The van der Waals surface area contributed by atoms with Gasteiger partial charge >= 0.3 is 0 Å². The summed E-state index contributed by atoms with van der Waals surface area (Å²) in [5.41, 5.74) is 1.90. The molecule has 136 valence electrons. The third-order valence-electron chi connectivity index (χ3n) is 5.55. The number of nitrogens with one attached hydrogen (secondary N) is 1. The van der Waals surface area contributed by atoms with E-state index in [-0.39, 0.29) is 12.4 Å². The molecule has 1 aromatic carbocycles. The molecule has 2 aliphatic rings. The molecule has 2 fully saturated rings. The minimum absolute atomic E-state index is 0. The normalized spacial score (nSPS) is 21.1. The van der Waals surface area contributed by atoms with E-state index in [1.807, 2.05) is 6.20 Å². The number of thiazole rings is 1. The Morgan fingerprint density at radius 2 is 2.00 bits per heavy atom. The molecule has 1 saturated carbocycles. The van der Waals surface area contributed by atoms with Gasteiger partial charge in [-0.3, -0.25) is 4.90 Å². The summed E-state index contributed by atoms with van der Waals surface area (Å²) in [4.78, 5) is 7.16. The molecule has 0 amide bonds. The second-order valence-electron chi connectivity index (χ2n) is 7.01. The molecular formula is C19H26ClN3OS. The van der Waals surface area contributed by atoms with Crippen molar-refractivity contribution in [1.82, 2.24) is 15.2 Å². The average molecular weight is 380 g/mol. The number of halogens is 1. The molecule has 1 spiro atoms. The first kappa shape index (κ1) is 18.6. The highest BCUT2D eigenvalue weighted by atomic mass is 35.5. The summed E-state index contributed by atoms with van der Waals surface area (Å²) in [7, 11) is 1.72. The van der Waals surface area contributed by atoms with E-state index >= 15 is 0 Å². The summed E-state index contributed by atoms with van der Waals surface area (Å²) in [6.45, 7) is 4.29. The fourth-order valence-corrected chi connectivity index (χ4v) is 4.69. The summed E-state index contributed by atoms with van der Waals surface area (Å²) in [5.74, 6) is 0.923. The minimum atomic E-state index is 0. The topological polar surface area (TPSA) is 37.4 Å².